The van der Waals surface area contributed by atoms with Crippen LogP contribution in [0.3, 0.4) is 0 Å². The van der Waals surface area contributed by atoms with E-state index in [0.717, 1.165) is 11.9 Å². The van der Waals surface area contributed by atoms with Gasteiger partial charge in [-0.15, -0.1) is 5.10 Å². The average Bonchev–Trinajstić information content (AvgIpc) is 2.74. The summed E-state index contributed by atoms with van der Waals surface area (Å²) in [6.45, 7) is -0.139. The van der Waals surface area contributed by atoms with Gasteiger partial charge in [0.05, 0.1) is 18.1 Å². The Morgan fingerprint density at radius 3 is 2.89 bits per heavy atom. The van der Waals surface area contributed by atoms with Crippen LogP contribution in [-0.2, 0) is 20.9 Å². The maximum absolute atomic E-state index is 10.8. The fourth-order valence-electron chi connectivity index (χ4n) is 1.28. The first-order chi connectivity index (χ1) is 8.44. The van der Waals surface area contributed by atoms with Crippen LogP contribution in [0.5, 0.6) is 0 Å². The molecular formula is C10H10ClN3O3S. The molecule has 0 saturated carbocycles. The van der Waals surface area contributed by atoms with E-state index in [9.17, 15) is 8.42 Å². The van der Waals surface area contributed by atoms with E-state index in [4.69, 9.17) is 11.6 Å². The van der Waals surface area contributed by atoms with Crippen molar-refractivity contribution in [2.75, 3.05) is 6.26 Å². The Kier molecular flexibility index (Phi) is 3.65. The standard InChI is InChI=1S/C10H10ClN3O3S/c1-18(15,16)17-7-9-6-14(13-12-9)10-4-2-3-8(11)5-10/h2-6H,7H2,1H3. The van der Waals surface area contributed by atoms with Crippen molar-refractivity contribution in [2.45, 2.75) is 6.61 Å². The maximum atomic E-state index is 10.8. The lowest BCUT2D eigenvalue weighted by Gasteiger charge is -1.99. The summed E-state index contributed by atoms with van der Waals surface area (Å²) in [5.41, 5.74) is 1.15. The summed E-state index contributed by atoms with van der Waals surface area (Å²) in [5, 5.41) is 8.25. The van der Waals surface area contributed by atoms with Crippen molar-refractivity contribution < 1.29 is 12.6 Å². The van der Waals surface area contributed by atoms with Crippen molar-refractivity contribution >= 4 is 21.7 Å². The number of benzene rings is 1. The highest BCUT2D eigenvalue weighted by atomic mass is 35.5. The van der Waals surface area contributed by atoms with Crippen molar-refractivity contribution in [1.29, 1.82) is 0 Å². The molecule has 0 atom stereocenters. The van der Waals surface area contributed by atoms with Crippen molar-refractivity contribution in [3.05, 3.63) is 41.2 Å². The van der Waals surface area contributed by atoms with Gasteiger partial charge in [0.25, 0.3) is 10.1 Å². The lowest BCUT2D eigenvalue weighted by Crippen LogP contribution is -2.02. The Bertz CT molecular complexity index is 654. The third-order valence-corrected chi connectivity index (χ3v) is 2.82. The van der Waals surface area contributed by atoms with E-state index < -0.39 is 10.1 Å². The molecule has 6 nitrogen and oxygen atoms in total. The largest absolute Gasteiger partial charge is 0.264 e. The monoisotopic (exact) mass is 287 g/mol. The molecule has 1 aromatic heterocycles. The van der Waals surface area contributed by atoms with Gasteiger partial charge in [-0.25, -0.2) is 4.68 Å². The number of rotatable bonds is 4. The smallest absolute Gasteiger partial charge is 0.264 e. The Balaban J connectivity index is 2.16. The Hall–Kier alpha value is -1.44. The summed E-state index contributed by atoms with van der Waals surface area (Å²) >= 11 is 5.86. The van der Waals surface area contributed by atoms with Crippen molar-refractivity contribution in [3.63, 3.8) is 0 Å². The maximum Gasteiger partial charge on any atom is 0.264 e. The van der Waals surface area contributed by atoms with Crippen LogP contribution in [0.4, 0.5) is 0 Å². The lowest BCUT2D eigenvalue weighted by atomic mass is 10.3. The second-order valence-electron chi connectivity index (χ2n) is 3.60. The SMILES string of the molecule is CS(=O)(=O)OCc1cn(-c2cccc(Cl)c2)nn1. The Labute approximate surface area is 109 Å². The van der Waals surface area contributed by atoms with Crippen LogP contribution < -0.4 is 0 Å². The summed E-state index contributed by atoms with van der Waals surface area (Å²) in [6, 6.07) is 7.06. The van der Waals surface area contributed by atoms with Gasteiger partial charge in [-0.1, -0.05) is 22.9 Å². The third kappa shape index (κ3) is 3.52. The van der Waals surface area contributed by atoms with E-state index in [1.165, 1.54) is 4.68 Å². The Morgan fingerprint density at radius 1 is 1.44 bits per heavy atom. The van der Waals surface area contributed by atoms with Gasteiger partial charge in [-0.05, 0) is 18.2 Å². The quantitative estimate of drug-likeness (QED) is 0.795. The molecule has 0 aliphatic heterocycles. The molecule has 2 rings (SSSR count). The first-order valence-electron chi connectivity index (χ1n) is 4.95. The van der Waals surface area contributed by atoms with Gasteiger partial charge in [-0.2, -0.15) is 8.42 Å². The van der Waals surface area contributed by atoms with Crippen LogP contribution in [0.25, 0.3) is 5.69 Å². The molecule has 0 radical (unpaired) electrons. The van der Waals surface area contributed by atoms with Crippen LogP contribution in [0.1, 0.15) is 5.69 Å². The van der Waals surface area contributed by atoms with Gasteiger partial charge in [0, 0.05) is 5.02 Å². The molecular weight excluding hydrogens is 278 g/mol. The molecule has 0 aliphatic carbocycles. The summed E-state index contributed by atoms with van der Waals surface area (Å²) in [5.74, 6) is 0. The molecule has 0 N–H and O–H groups in total. The molecule has 1 aromatic carbocycles. The molecule has 0 unspecified atom stereocenters. The van der Waals surface area contributed by atoms with E-state index in [0.29, 0.717) is 10.7 Å². The predicted octanol–water partition coefficient (Wildman–Crippen LogP) is 1.40. The number of hydrogen-bond donors (Lipinski definition) is 0. The van der Waals surface area contributed by atoms with Crippen LogP contribution in [0, 0.1) is 0 Å². The normalized spacial score (nSPS) is 11.7. The van der Waals surface area contributed by atoms with Gasteiger partial charge in [0.2, 0.25) is 0 Å². The molecule has 0 spiro atoms. The van der Waals surface area contributed by atoms with Crippen LogP contribution in [0.2, 0.25) is 5.02 Å². The zero-order valence-corrected chi connectivity index (χ0v) is 11.0. The van der Waals surface area contributed by atoms with Crippen molar-refractivity contribution in [1.82, 2.24) is 15.0 Å². The number of nitrogens with zero attached hydrogens (tertiary/aromatic N) is 3. The minimum absolute atomic E-state index is 0.139. The fraction of sp³-hybridized carbons (Fsp3) is 0.200. The molecule has 0 aliphatic rings. The molecule has 2 aromatic rings. The average molecular weight is 288 g/mol. The molecule has 8 heteroatoms. The molecule has 0 saturated heterocycles. The minimum atomic E-state index is -3.48. The molecule has 96 valence electrons. The molecule has 0 fully saturated rings. The van der Waals surface area contributed by atoms with Crippen LogP contribution in [-0.4, -0.2) is 29.7 Å². The third-order valence-electron chi connectivity index (χ3n) is 2.03. The highest BCUT2D eigenvalue weighted by molar-refractivity contribution is 7.85. The highest BCUT2D eigenvalue weighted by Crippen LogP contribution is 2.14. The number of aromatic nitrogens is 3. The summed E-state index contributed by atoms with van der Waals surface area (Å²) < 4.78 is 27.8. The van der Waals surface area contributed by atoms with Crippen LogP contribution in [0.15, 0.2) is 30.5 Å². The van der Waals surface area contributed by atoms with Crippen molar-refractivity contribution in [2.24, 2.45) is 0 Å². The molecule has 1 heterocycles. The van der Waals surface area contributed by atoms with Gasteiger partial charge in [0.15, 0.2) is 0 Å². The van der Waals surface area contributed by atoms with Crippen LogP contribution >= 0.6 is 11.6 Å². The van der Waals surface area contributed by atoms with E-state index in [2.05, 4.69) is 14.5 Å². The second kappa shape index (κ2) is 5.05. The summed E-state index contributed by atoms with van der Waals surface area (Å²) in [7, 11) is -3.48. The first-order valence-corrected chi connectivity index (χ1v) is 7.15. The van der Waals surface area contributed by atoms with Gasteiger partial charge in [-0.3, -0.25) is 4.18 Å². The Morgan fingerprint density at radius 2 is 2.22 bits per heavy atom. The van der Waals surface area contributed by atoms with Crippen molar-refractivity contribution in [3.8, 4) is 5.69 Å². The fourth-order valence-corrected chi connectivity index (χ4v) is 1.80. The predicted molar refractivity (Wildman–Crippen MR) is 66.0 cm³/mol. The van der Waals surface area contributed by atoms with E-state index in [1.807, 2.05) is 6.07 Å². The topological polar surface area (TPSA) is 74.1 Å². The van der Waals surface area contributed by atoms with E-state index in [-0.39, 0.29) is 6.61 Å². The number of hydrogen-bond acceptors (Lipinski definition) is 5. The van der Waals surface area contributed by atoms with Gasteiger partial charge in [0.1, 0.15) is 12.3 Å². The summed E-state index contributed by atoms with van der Waals surface area (Å²) in [6.07, 6.45) is 2.56. The zero-order valence-electron chi connectivity index (χ0n) is 9.45. The van der Waals surface area contributed by atoms with E-state index in [1.54, 1.807) is 24.4 Å². The summed E-state index contributed by atoms with van der Waals surface area (Å²) in [4.78, 5) is 0. The van der Waals surface area contributed by atoms with Gasteiger partial charge < -0.3 is 0 Å². The lowest BCUT2D eigenvalue weighted by molar-refractivity contribution is 0.307. The van der Waals surface area contributed by atoms with E-state index >= 15 is 0 Å². The second-order valence-corrected chi connectivity index (χ2v) is 5.68. The van der Waals surface area contributed by atoms with Gasteiger partial charge >= 0.3 is 0 Å². The highest BCUT2D eigenvalue weighted by Gasteiger charge is 2.07. The molecule has 18 heavy (non-hydrogen) atoms. The zero-order chi connectivity index (χ0) is 13.2. The molecule has 0 amide bonds. The molecule has 0 bridgehead atoms. The minimum Gasteiger partial charge on any atom is -0.264 e. The first kappa shape index (κ1) is 13.0. The number of halogens is 1.